The number of ether oxygens (including phenoxy) is 2. The average Bonchev–Trinajstić information content (AvgIpc) is 4.16. The number of carbonyl (C=O) groups excluding carboxylic acids is 2. The smallest absolute Gasteiger partial charge is 0.306 e. The molecule has 0 aliphatic heterocycles. The molecule has 356 valence electrons. The number of esters is 2. The van der Waals surface area contributed by atoms with Crippen LogP contribution in [0.5, 0.6) is 0 Å². The lowest BCUT2D eigenvalue weighted by Crippen LogP contribution is -2.27. The zero-order chi connectivity index (χ0) is 43.6. The lowest BCUT2D eigenvalue weighted by Gasteiger charge is -2.25. The Morgan fingerprint density at radius 3 is 1.46 bits per heavy atom. The second-order valence-electron chi connectivity index (χ2n) is 20.7. The maximum Gasteiger partial charge on any atom is 0.306 e. The Balaban J connectivity index is 1.34. The molecule has 3 aliphatic rings. The fourth-order valence-electron chi connectivity index (χ4n) is 11.0. The van der Waals surface area contributed by atoms with Crippen LogP contribution in [0.2, 0.25) is 0 Å². The van der Waals surface area contributed by atoms with E-state index in [2.05, 4.69) is 38.2 Å². The van der Waals surface area contributed by atoms with Gasteiger partial charge in [0.05, 0.1) is 0 Å². The molecule has 5 nitrogen and oxygen atoms in total. The van der Waals surface area contributed by atoms with Gasteiger partial charge in [0.1, 0.15) is 12.2 Å². The number of rotatable bonds is 43. The molecule has 0 heterocycles. The van der Waals surface area contributed by atoms with Gasteiger partial charge in [0, 0.05) is 18.8 Å². The quantitative estimate of drug-likeness (QED) is 0.0376. The summed E-state index contributed by atoms with van der Waals surface area (Å²) in [7, 11) is 1.91. The molecule has 0 bridgehead atoms. The van der Waals surface area contributed by atoms with E-state index in [1.807, 2.05) is 7.05 Å². The molecule has 7 atom stereocenters. The molecule has 0 aromatic carbocycles. The van der Waals surface area contributed by atoms with E-state index < -0.39 is 0 Å². The Morgan fingerprint density at radius 2 is 1.00 bits per heavy atom. The van der Waals surface area contributed by atoms with E-state index in [-0.39, 0.29) is 36.0 Å². The molecule has 3 saturated carbocycles. The Kier molecular flexibility index (Phi) is 31.8. The Hall–Kier alpha value is -1.36. The van der Waals surface area contributed by atoms with Crippen LogP contribution in [0.3, 0.4) is 0 Å². The third-order valence-corrected chi connectivity index (χ3v) is 15.2. The Bertz CT molecular complexity index is 1040. The summed E-state index contributed by atoms with van der Waals surface area (Å²) in [4.78, 5) is 26.3. The van der Waals surface area contributed by atoms with Crippen molar-refractivity contribution in [2.24, 2.45) is 35.5 Å². The molecule has 0 radical (unpaired) electrons. The molecule has 0 amide bonds. The van der Waals surface area contributed by atoms with Gasteiger partial charge in [0.25, 0.3) is 0 Å². The molecule has 0 spiro atoms. The molecule has 0 aromatic heterocycles. The van der Waals surface area contributed by atoms with E-state index in [4.69, 9.17) is 9.47 Å². The van der Waals surface area contributed by atoms with Gasteiger partial charge in [-0.3, -0.25) is 9.59 Å². The first-order valence-electron chi connectivity index (χ1n) is 27.7. The summed E-state index contributed by atoms with van der Waals surface area (Å²) in [5, 5.41) is 3.12. The van der Waals surface area contributed by atoms with Crippen LogP contribution in [0.4, 0.5) is 0 Å². The highest BCUT2D eigenvalue weighted by atomic mass is 16.5. The van der Waals surface area contributed by atoms with Crippen LogP contribution >= 0.6 is 0 Å². The maximum absolute atomic E-state index is 13.6. The first-order valence-corrected chi connectivity index (χ1v) is 27.7. The minimum absolute atomic E-state index is 0.0229. The summed E-state index contributed by atoms with van der Waals surface area (Å²) in [6.45, 7) is 7.59. The van der Waals surface area contributed by atoms with E-state index in [0.717, 1.165) is 75.2 Å². The summed E-state index contributed by atoms with van der Waals surface area (Å²) in [5.74, 6) is 4.49. The average molecular weight is 854 g/mol. The van der Waals surface area contributed by atoms with Gasteiger partial charge in [-0.1, -0.05) is 200 Å². The highest BCUT2D eigenvalue weighted by Crippen LogP contribution is 2.47. The van der Waals surface area contributed by atoms with Crippen LogP contribution in [0, 0.1) is 35.5 Å². The van der Waals surface area contributed by atoms with Crippen molar-refractivity contribution >= 4 is 11.9 Å². The highest BCUT2D eigenvalue weighted by molar-refractivity contribution is 5.70. The predicted octanol–water partition coefficient (Wildman–Crippen LogP) is 16.6. The van der Waals surface area contributed by atoms with E-state index >= 15 is 0 Å². The van der Waals surface area contributed by atoms with Gasteiger partial charge in [-0.15, -0.1) is 0 Å². The van der Waals surface area contributed by atoms with Gasteiger partial charge in [-0.25, -0.2) is 0 Å². The molecule has 0 saturated heterocycles. The van der Waals surface area contributed by atoms with Crippen LogP contribution in [0.25, 0.3) is 0 Å². The van der Waals surface area contributed by atoms with Crippen molar-refractivity contribution < 1.29 is 19.1 Å². The summed E-state index contributed by atoms with van der Waals surface area (Å²) in [6, 6.07) is 0. The van der Waals surface area contributed by atoms with Crippen molar-refractivity contribution in [2.75, 3.05) is 13.6 Å². The number of carbonyl (C=O) groups is 2. The minimum atomic E-state index is -0.0984. The molecular weight excluding hydrogens is 751 g/mol. The zero-order valence-corrected chi connectivity index (χ0v) is 41.2. The molecule has 3 rings (SSSR count). The van der Waals surface area contributed by atoms with Gasteiger partial charge < -0.3 is 14.8 Å². The Labute approximate surface area is 379 Å². The summed E-state index contributed by atoms with van der Waals surface area (Å²) >= 11 is 0. The fraction of sp³-hybridized carbons (Fsp3) is 0.929. The number of nitrogens with one attached hydrogen (secondary N) is 1. The normalized spacial score (nSPS) is 23.8. The molecular formula is C56H103NO4. The van der Waals surface area contributed by atoms with Crippen molar-refractivity contribution in [2.45, 2.75) is 283 Å². The molecule has 3 aliphatic carbocycles. The van der Waals surface area contributed by atoms with Crippen molar-refractivity contribution in [3.8, 4) is 0 Å². The zero-order valence-electron chi connectivity index (χ0n) is 41.2. The van der Waals surface area contributed by atoms with E-state index in [1.54, 1.807) is 0 Å². The predicted molar refractivity (Wildman–Crippen MR) is 261 cm³/mol. The first-order chi connectivity index (χ1) is 30.0. The topological polar surface area (TPSA) is 64.6 Å². The van der Waals surface area contributed by atoms with Gasteiger partial charge in [0.15, 0.2) is 0 Å². The van der Waals surface area contributed by atoms with Crippen molar-refractivity contribution in [1.29, 1.82) is 0 Å². The van der Waals surface area contributed by atoms with Crippen LogP contribution in [-0.4, -0.2) is 37.7 Å². The molecule has 3 fully saturated rings. The standard InChI is InChI=1S/C56H103NO4/c1-5-8-11-13-19-26-33-47-44-49(47)35-28-21-15-17-23-30-37-52(38-31-24-18-16-22-29-36-50-45-48(50)34-27-20-14-12-9-6-2)60-56(59)46-51-41-42-54(53(51)39-25-10-7-3)61-55(58)40-32-43-57-4/h10,25,47-54,57H,5-9,11-24,26-46H2,1-4H3/b25-10-. The highest BCUT2D eigenvalue weighted by Gasteiger charge is 2.39. The van der Waals surface area contributed by atoms with Crippen LogP contribution in [-0.2, 0) is 19.1 Å². The SMILES string of the molecule is CC/C=C\CC1C(CC(=O)OC(CCCCCCCCC2CC2CCCCCCCC)CCCCCCCCC2CC2CCCCCCCC)CCC1OC(=O)CCCNC. The molecule has 1 N–H and O–H groups in total. The maximum atomic E-state index is 13.6. The minimum Gasteiger partial charge on any atom is -0.462 e. The van der Waals surface area contributed by atoms with Gasteiger partial charge in [-0.2, -0.15) is 0 Å². The largest absolute Gasteiger partial charge is 0.462 e. The lowest BCUT2D eigenvalue weighted by molar-refractivity contribution is -0.152. The van der Waals surface area contributed by atoms with Crippen LogP contribution < -0.4 is 5.32 Å². The second kappa shape index (κ2) is 35.9. The third kappa shape index (κ3) is 26.9. The third-order valence-electron chi connectivity index (χ3n) is 15.2. The fourth-order valence-corrected chi connectivity index (χ4v) is 11.0. The lowest BCUT2D eigenvalue weighted by atomic mass is 9.88. The summed E-state index contributed by atoms with van der Waals surface area (Å²) in [6.07, 6.45) is 53.7. The molecule has 0 aromatic rings. The summed E-state index contributed by atoms with van der Waals surface area (Å²) < 4.78 is 12.4. The van der Waals surface area contributed by atoms with Gasteiger partial charge in [-0.05, 0) is 114 Å². The van der Waals surface area contributed by atoms with Crippen LogP contribution in [0.1, 0.15) is 271 Å². The molecule has 61 heavy (non-hydrogen) atoms. The van der Waals surface area contributed by atoms with Gasteiger partial charge in [0.2, 0.25) is 0 Å². The summed E-state index contributed by atoms with van der Waals surface area (Å²) in [5.41, 5.74) is 0. The molecule has 5 heteroatoms. The molecule has 7 unspecified atom stereocenters. The number of unbranched alkanes of at least 4 members (excludes halogenated alkanes) is 20. The number of allylic oxidation sites excluding steroid dienone is 2. The number of hydrogen-bond donors (Lipinski definition) is 1. The first kappa shape index (κ1) is 54.0. The second-order valence-corrected chi connectivity index (χ2v) is 20.7. The van der Waals surface area contributed by atoms with Crippen molar-refractivity contribution in [3.63, 3.8) is 0 Å². The van der Waals surface area contributed by atoms with E-state index in [0.29, 0.717) is 12.8 Å². The van der Waals surface area contributed by atoms with E-state index in [9.17, 15) is 9.59 Å². The van der Waals surface area contributed by atoms with E-state index in [1.165, 1.54) is 193 Å². The van der Waals surface area contributed by atoms with Crippen molar-refractivity contribution in [3.05, 3.63) is 12.2 Å². The monoisotopic (exact) mass is 854 g/mol. The number of hydrogen-bond acceptors (Lipinski definition) is 5. The Morgan fingerprint density at radius 1 is 0.541 bits per heavy atom. The van der Waals surface area contributed by atoms with Gasteiger partial charge >= 0.3 is 11.9 Å². The van der Waals surface area contributed by atoms with Crippen LogP contribution in [0.15, 0.2) is 12.2 Å². The van der Waals surface area contributed by atoms with Crippen molar-refractivity contribution in [1.82, 2.24) is 5.32 Å².